The van der Waals surface area contributed by atoms with Gasteiger partial charge in [0.25, 0.3) is 0 Å². The summed E-state index contributed by atoms with van der Waals surface area (Å²) in [6, 6.07) is 4.21. The third-order valence-electron chi connectivity index (χ3n) is 3.31. The number of allylic oxidation sites excluding steroid dienone is 3. The van der Waals surface area contributed by atoms with Gasteiger partial charge in [0.2, 0.25) is 0 Å². The molecule has 2 N–H and O–H groups in total. The molecule has 20 heavy (non-hydrogen) atoms. The SMILES string of the molecule is CC(C)=C/C=C/CC(N)N(C)c1cc(C)c(C#N)n1C. The highest BCUT2D eigenvalue weighted by molar-refractivity contribution is 5.50. The number of nitrogens with zero attached hydrogens (tertiary/aromatic N) is 3. The third-order valence-corrected chi connectivity index (χ3v) is 3.31. The van der Waals surface area contributed by atoms with Gasteiger partial charge in [-0.05, 0) is 38.8 Å². The Hall–Kier alpha value is -1.99. The number of aryl methyl sites for hydroxylation is 1. The van der Waals surface area contributed by atoms with Crippen LogP contribution >= 0.6 is 0 Å². The summed E-state index contributed by atoms with van der Waals surface area (Å²) < 4.78 is 1.88. The Kier molecular flexibility index (Phi) is 5.60. The van der Waals surface area contributed by atoms with Gasteiger partial charge in [-0.2, -0.15) is 5.26 Å². The van der Waals surface area contributed by atoms with Crippen LogP contribution in [0.1, 0.15) is 31.5 Å². The van der Waals surface area contributed by atoms with Crippen LogP contribution in [0, 0.1) is 18.3 Å². The van der Waals surface area contributed by atoms with Crippen LogP contribution in [0.3, 0.4) is 0 Å². The average molecular weight is 272 g/mol. The van der Waals surface area contributed by atoms with E-state index in [0.29, 0.717) is 5.69 Å². The molecule has 0 amide bonds. The molecule has 4 nitrogen and oxygen atoms in total. The number of hydrogen-bond acceptors (Lipinski definition) is 3. The molecule has 0 radical (unpaired) electrons. The maximum absolute atomic E-state index is 9.12. The van der Waals surface area contributed by atoms with Crippen molar-refractivity contribution >= 4 is 5.82 Å². The lowest BCUT2D eigenvalue weighted by Gasteiger charge is -2.26. The van der Waals surface area contributed by atoms with E-state index in [1.165, 1.54) is 5.57 Å². The predicted molar refractivity (Wildman–Crippen MR) is 84.4 cm³/mol. The fourth-order valence-corrected chi connectivity index (χ4v) is 2.05. The molecule has 108 valence electrons. The summed E-state index contributed by atoms with van der Waals surface area (Å²) in [6.07, 6.45) is 6.80. The second-order valence-corrected chi connectivity index (χ2v) is 5.29. The summed E-state index contributed by atoms with van der Waals surface area (Å²) in [4.78, 5) is 2.00. The fraction of sp³-hybridized carbons (Fsp3) is 0.438. The lowest BCUT2D eigenvalue weighted by atomic mass is 10.2. The molecule has 0 spiro atoms. The first kappa shape index (κ1) is 16.1. The van der Waals surface area contributed by atoms with Crippen LogP contribution in [0.5, 0.6) is 0 Å². The van der Waals surface area contributed by atoms with Gasteiger partial charge in [0, 0.05) is 14.1 Å². The highest BCUT2D eigenvalue weighted by atomic mass is 15.3. The normalized spacial score (nSPS) is 12.2. The molecule has 1 heterocycles. The van der Waals surface area contributed by atoms with E-state index in [4.69, 9.17) is 11.0 Å². The minimum absolute atomic E-state index is 0.114. The Morgan fingerprint density at radius 3 is 2.70 bits per heavy atom. The van der Waals surface area contributed by atoms with Gasteiger partial charge in [0.1, 0.15) is 17.6 Å². The summed E-state index contributed by atoms with van der Waals surface area (Å²) in [5.74, 6) is 0.960. The van der Waals surface area contributed by atoms with E-state index in [2.05, 4.69) is 32.1 Å². The number of hydrogen-bond donors (Lipinski definition) is 1. The number of nitrogens with two attached hydrogens (primary N) is 1. The van der Waals surface area contributed by atoms with Gasteiger partial charge >= 0.3 is 0 Å². The molecule has 1 aromatic rings. The maximum atomic E-state index is 9.12. The van der Waals surface area contributed by atoms with Crippen LogP contribution in [0.4, 0.5) is 5.82 Å². The van der Waals surface area contributed by atoms with E-state index < -0.39 is 0 Å². The Balaban J connectivity index is 2.80. The van der Waals surface area contributed by atoms with E-state index in [1.54, 1.807) is 0 Å². The fourth-order valence-electron chi connectivity index (χ4n) is 2.05. The molecular weight excluding hydrogens is 248 g/mol. The van der Waals surface area contributed by atoms with Crippen LogP contribution in [0.25, 0.3) is 0 Å². The van der Waals surface area contributed by atoms with Gasteiger partial charge in [-0.25, -0.2) is 0 Å². The van der Waals surface area contributed by atoms with Crippen LogP contribution in [0.2, 0.25) is 0 Å². The van der Waals surface area contributed by atoms with Crippen molar-refractivity contribution in [2.75, 3.05) is 11.9 Å². The molecular formula is C16H24N4. The van der Waals surface area contributed by atoms with Crippen LogP contribution in [-0.2, 0) is 7.05 Å². The highest BCUT2D eigenvalue weighted by Gasteiger charge is 2.16. The van der Waals surface area contributed by atoms with Gasteiger partial charge in [-0.3, -0.25) is 0 Å². The van der Waals surface area contributed by atoms with E-state index in [9.17, 15) is 0 Å². The molecule has 0 aliphatic heterocycles. The zero-order valence-corrected chi connectivity index (χ0v) is 13.0. The molecule has 0 aliphatic carbocycles. The monoisotopic (exact) mass is 272 g/mol. The quantitative estimate of drug-likeness (QED) is 0.662. The van der Waals surface area contributed by atoms with E-state index >= 15 is 0 Å². The Morgan fingerprint density at radius 1 is 1.55 bits per heavy atom. The molecule has 1 unspecified atom stereocenters. The second kappa shape index (κ2) is 6.97. The predicted octanol–water partition coefficient (Wildman–Crippen LogP) is 2.84. The summed E-state index contributed by atoms with van der Waals surface area (Å²) in [5, 5.41) is 9.12. The van der Waals surface area contributed by atoms with Crippen molar-refractivity contribution in [2.24, 2.45) is 12.8 Å². The molecule has 0 saturated heterocycles. The Morgan fingerprint density at radius 2 is 2.20 bits per heavy atom. The lowest BCUT2D eigenvalue weighted by molar-refractivity contribution is 0.645. The summed E-state index contributed by atoms with van der Waals surface area (Å²) in [7, 11) is 3.85. The first-order chi connectivity index (χ1) is 9.38. The van der Waals surface area contributed by atoms with Crippen molar-refractivity contribution in [3.63, 3.8) is 0 Å². The van der Waals surface area contributed by atoms with Crippen molar-refractivity contribution < 1.29 is 0 Å². The molecule has 0 aromatic carbocycles. The van der Waals surface area contributed by atoms with Gasteiger partial charge in [-0.15, -0.1) is 0 Å². The topological polar surface area (TPSA) is 58.0 Å². The first-order valence-corrected chi connectivity index (χ1v) is 6.73. The Bertz CT molecular complexity index is 554. The summed E-state index contributed by atoms with van der Waals surface area (Å²) >= 11 is 0. The van der Waals surface area contributed by atoms with Crippen molar-refractivity contribution in [2.45, 2.75) is 33.4 Å². The van der Waals surface area contributed by atoms with Gasteiger partial charge in [0.05, 0.1) is 6.17 Å². The molecule has 1 aromatic heterocycles. The van der Waals surface area contributed by atoms with E-state index in [1.807, 2.05) is 42.6 Å². The zero-order valence-electron chi connectivity index (χ0n) is 13.0. The number of nitriles is 1. The van der Waals surface area contributed by atoms with Gasteiger partial charge in [0.15, 0.2) is 0 Å². The van der Waals surface area contributed by atoms with Crippen LogP contribution in [0.15, 0.2) is 29.9 Å². The second-order valence-electron chi connectivity index (χ2n) is 5.29. The molecule has 0 fully saturated rings. The molecule has 0 aliphatic rings. The minimum atomic E-state index is -0.114. The molecule has 4 heteroatoms. The number of rotatable bonds is 5. The third kappa shape index (κ3) is 3.75. The molecule has 0 bridgehead atoms. The van der Waals surface area contributed by atoms with E-state index in [0.717, 1.165) is 17.8 Å². The molecule has 1 rings (SSSR count). The van der Waals surface area contributed by atoms with Crippen LogP contribution in [-0.4, -0.2) is 17.8 Å². The van der Waals surface area contributed by atoms with Crippen molar-refractivity contribution in [1.82, 2.24) is 4.57 Å². The largest absolute Gasteiger partial charge is 0.345 e. The first-order valence-electron chi connectivity index (χ1n) is 6.73. The summed E-state index contributed by atoms with van der Waals surface area (Å²) in [6.45, 7) is 6.06. The minimum Gasteiger partial charge on any atom is -0.345 e. The van der Waals surface area contributed by atoms with Crippen molar-refractivity contribution in [1.29, 1.82) is 5.26 Å². The lowest BCUT2D eigenvalue weighted by Crippen LogP contribution is -2.39. The molecule has 1 atom stereocenters. The van der Waals surface area contributed by atoms with Gasteiger partial charge < -0.3 is 15.2 Å². The molecule has 0 saturated carbocycles. The zero-order chi connectivity index (χ0) is 15.3. The van der Waals surface area contributed by atoms with Crippen molar-refractivity contribution in [3.8, 4) is 6.07 Å². The van der Waals surface area contributed by atoms with Crippen molar-refractivity contribution in [3.05, 3.63) is 41.1 Å². The van der Waals surface area contributed by atoms with Crippen LogP contribution < -0.4 is 10.6 Å². The number of anilines is 1. The van der Waals surface area contributed by atoms with E-state index in [-0.39, 0.29) is 6.17 Å². The smallest absolute Gasteiger partial charge is 0.124 e. The maximum Gasteiger partial charge on any atom is 0.124 e. The average Bonchev–Trinajstić information content (AvgIpc) is 2.68. The van der Waals surface area contributed by atoms with Gasteiger partial charge in [-0.1, -0.05) is 23.8 Å². The number of aromatic nitrogens is 1. The highest BCUT2D eigenvalue weighted by Crippen LogP contribution is 2.22. The standard InChI is InChI=1S/C16H24N4/c1-12(2)8-6-7-9-15(18)20(5)16-10-13(3)14(11-17)19(16)4/h6-8,10,15H,9,18H2,1-5H3/b7-6+. The Labute approximate surface area is 121 Å². The summed E-state index contributed by atoms with van der Waals surface area (Å²) in [5.41, 5.74) is 9.11.